The normalized spacial score (nSPS) is 14.2. The Balaban J connectivity index is 0.00000225. The maximum Gasteiger partial charge on any atom is 0.252 e. The fourth-order valence-electron chi connectivity index (χ4n) is 3.23. The minimum Gasteiger partial charge on any atom is -0.436 e. The lowest BCUT2D eigenvalue weighted by molar-refractivity contribution is 0.0934. The van der Waals surface area contributed by atoms with E-state index in [-0.39, 0.29) is 24.4 Å². The van der Waals surface area contributed by atoms with E-state index in [4.69, 9.17) is 10.2 Å². The number of nitrogens with zero attached hydrogens (tertiary/aromatic N) is 1. The Hall–Kier alpha value is -2.63. The average molecular weight is 398 g/mol. The standard InChI is InChI=1S/C22H23N3O2.ClH/c1-14-6-8-16(9-7-14)20-13-24-22(27-20)18-5-3-2-4-17(18)21(26)25-19(12-23)15-10-11-15;/h2-9,13,15,19H,10-12,23H2,1H3,(H,25,26);1H. The van der Waals surface area contributed by atoms with Crippen LogP contribution < -0.4 is 11.1 Å². The van der Waals surface area contributed by atoms with Gasteiger partial charge in [0.25, 0.3) is 5.91 Å². The molecule has 6 heteroatoms. The van der Waals surface area contributed by atoms with Gasteiger partial charge in [0.05, 0.1) is 11.8 Å². The number of hydrogen-bond donors (Lipinski definition) is 2. The average Bonchev–Trinajstić information content (AvgIpc) is 3.42. The number of carbonyl (C=O) groups is 1. The van der Waals surface area contributed by atoms with Gasteiger partial charge in [0.2, 0.25) is 5.89 Å². The Morgan fingerprint density at radius 1 is 1.21 bits per heavy atom. The number of aromatic nitrogens is 1. The molecule has 0 bridgehead atoms. The molecule has 1 aliphatic carbocycles. The monoisotopic (exact) mass is 397 g/mol. The quantitative estimate of drug-likeness (QED) is 0.652. The SMILES string of the molecule is Cc1ccc(-c2cnc(-c3ccccc3C(=O)NC(CN)C3CC3)o2)cc1.Cl. The van der Waals surface area contributed by atoms with Crippen molar-refractivity contribution < 1.29 is 9.21 Å². The fourth-order valence-corrected chi connectivity index (χ4v) is 3.23. The van der Waals surface area contributed by atoms with Gasteiger partial charge in [-0.2, -0.15) is 0 Å². The van der Waals surface area contributed by atoms with Gasteiger partial charge < -0.3 is 15.5 Å². The number of aryl methyl sites for hydroxylation is 1. The summed E-state index contributed by atoms with van der Waals surface area (Å²) < 4.78 is 5.96. The minimum absolute atomic E-state index is 0. The van der Waals surface area contributed by atoms with Gasteiger partial charge in [-0.15, -0.1) is 12.4 Å². The molecule has 28 heavy (non-hydrogen) atoms. The fraction of sp³-hybridized carbons (Fsp3) is 0.273. The summed E-state index contributed by atoms with van der Waals surface area (Å²) in [6.07, 6.45) is 3.95. The van der Waals surface area contributed by atoms with Crippen LogP contribution in [-0.2, 0) is 0 Å². The summed E-state index contributed by atoms with van der Waals surface area (Å²) in [5, 5.41) is 3.07. The van der Waals surface area contributed by atoms with Gasteiger partial charge >= 0.3 is 0 Å². The number of halogens is 1. The van der Waals surface area contributed by atoms with Crippen molar-refractivity contribution in [1.29, 1.82) is 0 Å². The number of oxazole rings is 1. The highest BCUT2D eigenvalue weighted by Crippen LogP contribution is 2.33. The highest BCUT2D eigenvalue weighted by Gasteiger charge is 2.32. The van der Waals surface area contributed by atoms with E-state index >= 15 is 0 Å². The van der Waals surface area contributed by atoms with Crippen LogP contribution in [0.25, 0.3) is 22.8 Å². The summed E-state index contributed by atoms with van der Waals surface area (Å²) in [4.78, 5) is 17.2. The molecule has 3 N–H and O–H groups in total. The van der Waals surface area contributed by atoms with E-state index < -0.39 is 0 Å². The molecule has 1 fully saturated rings. The molecule has 1 amide bonds. The van der Waals surface area contributed by atoms with Crippen LogP contribution in [0.4, 0.5) is 0 Å². The molecule has 1 atom stereocenters. The van der Waals surface area contributed by atoms with Gasteiger partial charge in [-0.1, -0.05) is 42.0 Å². The van der Waals surface area contributed by atoms with Gasteiger partial charge in [-0.25, -0.2) is 4.98 Å². The van der Waals surface area contributed by atoms with Crippen LogP contribution in [0.2, 0.25) is 0 Å². The highest BCUT2D eigenvalue weighted by molar-refractivity contribution is 6.00. The topological polar surface area (TPSA) is 81.2 Å². The first-order valence-electron chi connectivity index (χ1n) is 9.29. The molecule has 1 aliphatic rings. The molecule has 3 aromatic rings. The maximum atomic E-state index is 12.8. The molecule has 1 unspecified atom stereocenters. The van der Waals surface area contributed by atoms with Crippen molar-refractivity contribution >= 4 is 18.3 Å². The Morgan fingerprint density at radius 3 is 2.61 bits per heavy atom. The number of nitrogens with one attached hydrogen (secondary N) is 1. The largest absolute Gasteiger partial charge is 0.436 e. The highest BCUT2D eigenvalue weighted by atomic mass is 35.5. The summed E-state index contributed by atoms with van der Waals surface area (Å²) in [5.74, 6) is 1.48. The van der Waals surface area contributed by atoms with Crippen LogP contribution in [0.1, 0.15) is 28.8 Å². The van der Waals surface area contributed by atoms with E-state index in [9.17, 15) is 4.79 Å². The Labute approximate surface area is 170 Å². The van der Waals surface area contributed by atoms with Crippen molar-refractivity contribution in [2.24, 2.45) is 11.7 Å². The molecule has 0 spiro atoms. The molecule has 0 aliphatic heterocycles. The van der Waals surface area contributed by atoms with E-state index in [0.717, 1.165) is 18.4 Å². The van der Waals surface area contributed by atoms with Crippen molar-refractivity contribution in [3.05, 3.63) is 65.9 Å². The predicted molar refractivity (Wildman–Crippen MR) is 112 cm³/mol. The molecule has 1 heterocycles. The van der Waals surface area contributed by atoms with Crippen molar-refractivity contribution in [2.75, 3.05) is 6.54 Å². The van der Waals surface area contributed by atoms with Gasteiger partial charge in [0, 0.05) is 23.7 Å². The van der Waals surface area contributed by atoms with Crippen molar-refractivity contribution in [2.45, 2.75) is 25.8 Å². The zero-order valence-electron chi connectivity index (χ0n) is 15.7. The second kappa shape index (κ2) is 8.59. The van der Waals surface area contributed by atoms with Gasteiger partial charge in [-0.05, 0) is 37.8 Å². The van der Waals surface area contributed by atoms with Crippen molar-refractivity contribution in [3.63, 3.8) is 0 Å². The van der Waals surface area contributed by atoms with Crippen LogP contribution in [0.15, 0.2) is 59.1 Å². The number of hydrogen-bond acceptors (Lipinski definition) is 4. The molecule has 146 valence electrons. The van der Waals surface area contributed by atoms with E-state index in [2.05, 4.69) is 10.3 Å². The molecule has 4 rings (SSSR count). The number of nitrogens with two attached hydrogens (primary N) is 1. The van der Waals surface area contributed by atoms with Crippen LogP contribution in [0.5, 0.6) is 0 Å². The first kappa shape index (κ1) is 20.1. The lowest BCUT2D eigenvalue weighted by Gasteiger charge is -2.16. The molecule has 0 radical (unpaired) electrons. The smallest absolute Gasteiger partial charge is 0.252 e. The molecule has 0 saturated heterocycles. The summed E-state index contributed by atoms with van der Waals surface area (Å²) in [6, 6.07) is 15.5. The van der Waals surface area contributed by atoms with Crippen molar-refractivity contribution in [3.8, 4) is 22.8 Å². The lowest BCUT2D eigenvalue weighted by atomic mass is 10.1. The van der Waals surface area contributed by atoms with Gasteiger partial charge in [0.15, 0.2) is 5.76 Å². The number of carbonyl (C=O) groups excluding carboxylic acids is 1. The molecular weight excluding hydrogens is 374 g/mol. The Kier molecular flexibility index (Phi) is 6.17. The van der Waals surface area contributed by atoms with E-state index in [1.54, 1.807) is 12.3 Å². The van der Waals surface area contributed by atoms with Gasteiger partial charge in [-0.3, -0.25) is 4.79 Å². The van der Waals surface area contributed by atoms with E-state index in [1.165, 1.54) is 5.56 Å². The van der Waals surface area contributed by atoms with E-state index in [1.807, 2.05) is 49.4 Å². The molecule has 2 aromatic carbocycles. The predicted octanol–water partition coefficient (Wildman–Crippen LogP) is 4.21. The van der Waals surface area contributed by atoms with Crippen molar-refractivity contribution in [1.82, 2.24) is 10.3 Å². The molecular formula is C22H24ClN3O2. The van der Waals surface area contributed by atoms with Crippen LogP contribution in [-0.4, -0.2) is 23.5 Å². The summed E-state index contributed by atoms with van der Waals surface area (Å²) >= 11 is 0. The lowest BCUT2D eigenvalue weighted by Crippen LogP contribution is -2.41. The summed E-state index contributed by atoms with van der Waals surface area (Å²) in [7, 11) is 0. The zero-order chi connectivity index (χ0) is 18.8. The first-order valence-corrected chi connectivity index (χ1v) is 9.29. The van der Waals surface area contributed by atoms with Crippen LogP contribution in [0.3, 0.4) is 0 Å². The third-order valence-corrected chi connectivity index (χ3v) is 5.01. The summed E-state index contributed by atoms with van der Waals surface area (Å²) in [5.41, 5.74) is 9.19. The maximum absolute atomic E-state index is 12.8. The number of amides is 1. The first-order chi connectivity index (χ1) is 13.2. The Bertz CT molecular complexity index is 948. The Morgan fingerprint density at radius 2 is 1.93 bits per heavy atom. The molecule has 5 nitrogen and oxygen atoms in total. The second-order valence-electron chi connectivity index (χ2n) is 7.09. The number of benzene rings is 2. The second-order valence-corrected chi connectivity index (χ2v) is 7.09. The molecule has 1 saturated carbocycles. The minimum atomic E-state index is -0.136. The summed E-state index contributed by atoms with van der Waals surface area (Å²) in [6.45, 7) is 2.50. The number of rotatable bonds is 6. The zero-order valence-corrected chi connectivity index (χ0v) is 16.5. The van der Waals surface area contributed by atoms with E-state index in [0.29, 0.717) is 35.2 Å². The van der Waals surface area contributed by atoms with Crippen LogP contribution in [0, 0.1) is 12.8 Å². The third kappa shape index (κ3) is 4.26. The molecule has 1 aromatic heterocycles. The third-order valence-electron chi connectivity index (χ3n) is 5.01. The van der Waals surface area contributed by atoms with Crippen LogP contribution >= 0.6 is 12.4 Å². The van der Waals surface area contributed by atoms with Gasteiger partial charge in [0.1, 0.15) is 0 Å².